The van der Waals surface area contributed by atoms with E-state index >= 15 is 0 Å². The molecule has 0 aliphatic carbocycles. The number of benzene rings is 1. The summed E-state index contributed by atoms with van der Waals surface area (Å²) >= 11 is 0. The fraction of sp³-hybridized carbons (Fsp3) is 0.500. The molecule has 2 heterocycles. The Morgan fingerprint density at radius 3 is 2.58 bits per heavy atom. The van der Waals surface area contributed by atoms with E-state index in [4.69, 9.17) is 18.6 Å². The number of hydrogen-bond acceptors (Lipinski definition) is 6. The Balaban J connectivity index is 1.68. The van der Waals surface area contributed by atoms with Crippen LogP contribution >= 0.6 is 0 Å². The summed E-state index contributed by atoms with van der Waals surface area (Å²) in [6.07, 6.45) is 0. The molecule has 1 aromatic carbocycles. The van der Waals surface area contributed by atoms with Gasteiger partial charge in [-0.2, -0.15) is 0 Å². The predicted molar refractivity (Wildman–Crippen MR) is 99.8 cm³/mol. The Hall–Kier alpha value is -2.02. The van der Waals surface area contributed by atoms with Crippen molar-refractivity contribution in [1.82, 2.24) is 10.2 Å². The molecule has 2 aromatic rings. The lowest BCUT2D eigenvalue weighted by Gasteiger charge is -2.33. The topological polar surface area (TPSA) is 56.1 Å². The van der Waals surface area contributed by atoms with Crippen LogP contribution in [0.3, 0.4) is 0 Å². The second kappa shape index (κ2) is 9.07. The van der Waals surface area contributed by atoms with Crippen LogP contribution < -0.4 is 14.8 Å². The molecule has 26 heavy (non-hydrogen) atoms. The van der Waals surface area contributed by atoms with Gasteiger partial charge in [-0.15, -0.1) is 0 Å². The molecule has 1 aliphatic rings. The fourth-order valence-corrected chi connectivity index (χ4v) is 3.29. The van der Waals surface area contributed by atoms with Crippen LogP contribution in [0.15, 0.2) is 34.7 Å². The first-order valence-electron chi connectivity index (χ1n) is 9.01. The number of hydrogen-bond donors (Lipinski definition) is 1. The maximum Gasteiger partial charge on any atom is 0.123 e. The number of furan rings is 1. The normalized spacial score (nSPS) is 16.4. The van der Waals surface area contributed by atoms with Gasteiger partial charge in [0.25, 0.3) is 0 Å². The third kappa shape index (κ3) is 4.58. The SMILES string of the molecule is COc1ccc(OC)c(CNCC(c2ccc(C)o2)N2CCOCC2)c1. The van der Waals surface area contributed by atoms with Crippen LogP contribution in [0.25, 0.3) is 0 Å². The van der Waals surface area contributed by atoms with Gasteiger partial charge in [0, 0.05) is 31.7 Å². The highest BCUT2D eigenvalue weighted by Gasteiger charge is 2.25. The van der Waals surface area contributed by atoms with Crippen LogP contribution in [0.5, 0.6) is 11.5 Å². The Labute approximate surface area is 155 Å². The third-order valence-corrected chi connectivity index (χ3v) is 4.72. The van der Waals surface area contributed by atoms with E-state index in [9.17, 15) is 0 Å². The van der Waals surface area contributed by atoms with E-state index in [-0.39, 0.29) is 6.04 Å². The highest BCUT2D eigenvalue weighted by molar-refractivity contribution is 5.40. The van der Waals surface area contributed by atoms with Crippen molar-refractivity contribution in [1.29, 1.82) is 0 Å². The van der Waals surface area contributed by atoms with Crippen molar-refractivity contribution >= 4 is 0 Å². The molecular formula is C20H28N2O4. The highest BCUT2D eigenvalue weighted by Crippen LogP contribution is 2.26. The molecule has 142 valence electrons. The van der Waals surface area contributed by atoms with Gasteiger partial charge < -0.3 is 23.9 Å². The first-order valence-corrected chi connectivity index (χ1v) is 9.01. The first kappa shape index (κ1) is 18.8. The number of ether oxygens (including phenoxy) is 3. The number of methoxy groups -OCH3 is 2. The molecule has 0 bridgehead atoms. The van der Waals surface area contributed by atoms with Gasteiger partial charge in [0.1, 0.15) is 23.0 Å². The summed E-state index contributed by atoms with van der Waals surface area (Å²) in [5.41, 5.74) is 1.07. The Bertz CT molecular complexity index is 695. The van der Waals surface area contributed by atoms with E-state index in [2.05, 4.69) is 16.3 Å². The summed E-state index contributed by atoms with van der Waals surface area (Å²) in [6.45, 7) is 6.81. The fourth-order valence-electron chi connectivity index (χ4n) is 3.29. The maximum atomic E-state index is 5.92. The molecule has 1 N–H and O–H groups in total. The highest BCUT2D eigenvalue weighted by atomic mass is 16.5. The van der Waals surface area contributed by atoms with E-state index in [1.54, 1.807) is 14.2 Å². The summed E-state index contributed by atoms with van der Waals surface area (Å²) in [5, 5.41) is 3.55. The van der Waals surface area contributed by atoms with E-state index < -0.39 is 0 Å². The van der Waals surface area contributed by atoms with Gasteiger partial charge in [-0.1, -0.05) is 0 Å². The molecule has 1 aliphatic heterocycles. The molecular weight excluding hydrogens is 332 g/mol. The minimum atomic E-state index is 0.184. The summed E-state index contributed by atoms with van der Waals surface area (Å²) in [6, 6.07) is 10.1. The molecule has 1 aromatic heterocycles. The predicted octanol–water partition coefficient (Wildman–Crippen LogP) is 2.77. The molecule has 6 nitrogen and oxygen atoms in total. The smallest absolute Gasteiger partial charge is 0.123 e. The monoisotopic (exact) mass is 360 g/mol. The van der Waals surface area contributed by atoms with Gasteiger partial charge in [0.05, 0.1) is 33.5 Å². The third-order valence-electron chi connectivity index (χ3n) is 4.72. The molecule has 0 amide bonds. The summed E-state index contributed by atoms with van der Waals surface area (Å²) < 4.78 is 22.2. The molecule has 1 saturated heterocycles. The first-order chi connectivity index (χ1) is 12.7. The van der Waals surface area contributed by atoms with Crippen molar-refractivity contribution in [3.8, 4) is 11.5 Å². The van der Waals surface area contributed by atoms with E-state index in [0.717, 1.165) is 61.4 Å². The van der Waals surface area contributed by atoms with Crippen LogP contribution in [-0.2, 0) is 11.3 Å². The van der Waals surface area contributed by atoms with E-state index in [1.807, 2.05) is 31.2 Å². The molecule has 3 rings (SSSR count). The summed E-state index contributed by atoms with van der Waals surface area (Å²) in [5.74, 6) is 3.62. The average molecular weight is 360 g/mol. The lowest BCUT2D eigenvalue weighted by atomic mass is 10.1. The molecule has 0 spiro atoms. The van der Waals surface area contributed by atoms with Crippen LogP contribution in [0.1, 0.15) is 23.1 Å². The molecule has 1 atom stereocenters. The maximum absolute atomic E-state index is 5.92. The van der Waals surface area contributed by atoms with Crippen molar-refractivity contribution in [2.24, 2.45) is 0 Å². The molecule has 0 radical (unpaired) electrons. The zero-order valence-corrected chi connectivity index (χ0v) is 15.8. The lowest BCUT2D eigenvalue weighted by Crippen LogP contribution is -2.42. The van der Waals surface area contributed by atoms with Crippen molar-refractivity contribution < 1.29 is 18.6 Å². The summed E-state index contributed by atoms with van der Waals surface area (Å²) in [4.78, 5) is 2.41. The Kier molecular flexibility index (Phi) is 6.55. The van der Waals surface area contributed by atoms with Crippen LogP contribution in [0.4, 0.5) is 0 Å². The quantitative estimate of drug-likeness (QED) is 0.781. The lowest BCUT2D eigenvalue weighted by molar-refractivity contribution is 0.0115. The Morgan fingerprint density at radius 2 is 1.92 bits per heavy atom. The van der Waals surface area contributed by atoms with Crippen LogP contribution in [-0.4, -0.2) is 52.0 Å². The minimum Gasteiger partial charge on any atom is -0.497 e. The van der Waals surface area contributed by atoms with Gasteiger partial charge in [-0.05, 0) is 37.3 Å². The van der Waals surface area contributed by atoms with Crippen molar-refractivity contribution in [2.75, 3.05) is 47.1 Å². The summed E-state index contributed by atoms with van der Waals surface area (Å²) in [7, 11) is 3.36. The number of aryl methyl sites for hydroxylation is 1. The van der Waals surface area contributed by atoms with Gasteiger partial charge in [-0.25, -0.2) is 0 Å². The van der Waals surface area contributed by atoms with Crippen LogP contribution in [0.2, 0.25) is 0 Å². The average Bonchev–Trinajstić information content (AvgIpc) is 3.11. The Morgan fingerprint density at radius 1 is 1.12 bits per heavy atom. The van der Waals surface area contributed by atoms with Gasteiger partial charge in [0.2, 0.25) is 0 Å². The molecule has 6 heteroatoms. The second-order valence-electron chi connectivity index (χ2n) is 6.42. The van der Waals surface area contributed by atoms with Gasteiger partial charge >= 0.3 is 0 Å². The van der Waals surface area contributed by atoms with Crippen LogP contribution in [0, 0.1) is 6.92 Å². The minimum absolute atomic E-state index is 0.184. The number of nitrogens with zero attached hydrogens (tertiary/aromatic N) is 1. The van der Waals surface area contributed by atoms with E-state index in [1.165, 1.54) is 0 Å². The van der Waals surface area contributed by atoms with Crippen molar-refractivity contribution in [2.45, 2.75) is 19.5 Å². The molecule has 1 fully saturated rings. The van der Waals surface area contributed by atoms with Gasteiger partial charge in [0.15, 0.2) is 0 Å². The number of rotatable bonds is 8. The number of morpholine rings is 1. The van der Waals surface area contributed by atoms with Gasteiger partial charge in [-0.3, -0.25) is 4.90 Å². The largest absolute Gasteiger partial charge is 0.497 e. The zero-order valence-electron chi connectivity index (χ0n) is 15.8. The van der Waals surface area contributed by atoms with Crippen molar-refractivity contribution in [3.05, 3.63) is 47.4 Å². The van der Waals surface area contributed by atoms with E-state index in [0.29, 0.717) is 6.54 Å². The molecule has 0 saturated carbocycles. The standard InChI is InChI=1S/C20H28N2O4/c1-15-4-6-20(26-15)18(22-8-10-25-11-9-22)14-21-13-16-12-17(23-2)5-7-19(16)24-3/h4-7,12,18,21H,8-11,13-14H2,1-3H3. The number of nitrogens with one attached hydrogen (secondary N) is 1. The second-order valence-corrected chi connectivity index (χ2v) is 6.42. The van der Waals surface area contributed by atoms with Crippen molar-refractivity contribution in [3.63, 3.8) is 0 Å². The molecule has 1 unspecified atom stereocenters. The zero-order chi connectivity index (χ0) is 18.4.